The van der Waals surface area contributed by atoms with Crippen LogP contribution in [0, 0.1) is 0 Å². The highest BCUT2D eigenvalue weighted by atomic mass is 28.3. The molecular formula is C12H24O2Si. The van der Waals surface area contributed by atoms with E-state index in [-0.39, 0.29) is 17.6 Å². The summed E-state index contributed by atoms with van der Waals surface area (Å²) in [5, 5.41) is 0. The van der Waals surface area contributed by atoms with Crippen LogP contribution in [-0.2, 0) is 9.53 Å². The molecule has 2 nitrogen and oxygen atoms in total. The van der Waals surface area contributed by atoms with E-state index in [4.69, 9.17) is 4.74 Å². The van der Waals surface area contributed by atoms with Crippen molar-refractivity contribution in [3.8, 4) is 0 Å². The van der Waals surface area contributed by atoms with Gasteiger partial charge in [0.25, 0.3) is 0 Å². The van der Waals surface area contributed by atoms with Crippen molar-refractivity contribution >= 4 is 14.0 Å². The van der Waals surface area contributed by atoms with E-state index in [1.165, 1.54) is 19.3 Å². The van der Waals surface area contributed by atoms with Gasteiger partial charge in [-0.25, -0.2) is 0 Å². The van der Waals surface area contributed by atoms with Gasteiger partial charge in [-0.05, 0) is 25.7 Å². The van der Waals surface area contributed by atoms with Crippen molar-refractivity contribution in [3.05, 3.63) is 0 Å². The second-order valence-corrected chi connectivity index (χ2v) is 11.4. The molecule has 0 aromatic carbocycles. The SMILES string of the molecule is CC(C(=O)OC1CCCCC1)[Si](C)(C)C. The quantitative estimate of drug-likeness (QED) is 0.545. The maximum absolute atomic E-state index is 11.9. The maximum Gasteiger partial charge on any atom is 0.306 e. The van der Waals surface area contributed by atoms with Gasteiger partial charge in [0.1, 0.15) is 6.10 Å². The van der Waals surface area contributed by atoms with Crippen molar-refractivity contribution in [3.63, 3.8) is 0 Å². The van der Waals surface area contributed by atoms with Gasteiger partial charge < -0.3 is 4.74 Å². The maximum atomic E-state index is 11.9. The third-order valence-corrected chi connectivity index (χ3v) is 6.32. The van der Waals surface area contributed by atoms with Gasteiger partial charge in [0.15, 0.2) is 0 Å². The van der Waals surface area contributed by atoms with Crippen LogP contribution in [0.25, 0.3) is 0 Å². The lowest BCUT2D eigenvalue weighted by Gasteiger charge is -2.27. The summed E-state index contributed by atoms with van der Waals surface area (Å²) in [5.41, 5.74) is 0.124. The first-order chi connectivity index (χ1) is 6.91. The fourth-order valence-electron chi connectivity index (χ4n) is 1.80. The third-order valence-electron chi connectivity index (χ3n) is 3.49. The average Bonchev–Trinajstić information content (AvgIpc) is 2.16. The molecule has 0 radical (unpaired) electrons. The van der Waals surface area contributed by atoms with E-state index in [0.29, 0.717) is 0 Å². The highest BCUT2D eigenvalue weighted by Gasteiger charge is 2.31. The van der Waals surface area contributed by atoms with Crippen molar-refractivity contribution in [2.45, 2.75) is 70.3 Å². The van der Waals surface area contributed by atoms with Crippen molar-refractivity contribution in [1.29, 1.82) is 0 Å². The van der Waals surface area contributed by atoms with Crippen LogP contribution in [0.2, 0.25) is 25.2 Å². The number of carbonyl (C=O) groups excluding carboxylic acids is 1. The summed E-state index contributed by atoms with van der Waals surface area (Å²) in [7, 11) is -1.38. The smallest absolute Gasteiger partial charge is 0.306 e. The minimum atomic E-state index is -1.38. The highest BCUT2D eigenvalue weighted by Crippen LogP contribution is 2.26. The molecular weight excluding hydrogens is 204 g/mol. The average molecular weight is 228 g/mol. The van der Waals surface area contributed by atoms with Crippen LogP contribution in [-0.4, -0.2) is 20.1 Å². The van der Waals surface area contributed by atoms with E-state index in [1.54, 1.807) is 0 Å². The monoisotopic (exact) mass is 228 g/mol. The molecule has 3 heteroatoms. The van der Waals surface area contributed by atoms with Crippen LogP contribution >= 0.6 is 0 Å². The topological polar surface area (TPSA) is 26.3 Å². The van der Waals surface area contributed by atoms with Gasteiger partial charge in [0.05, 0.1) is 8.07 Å². The fraction of sp³-hybridized carbons (Fsp3) is 0.917. The molecule has 1 aliphatic carbocycles. The van der Waals surface area contributed by atoms with Crippen LogP contribution in [0.5, 0.6) is 0 Å². The fourth-order valence-corrected chi connectivity index (χ4v) is 2.58. The molecule has 1 atom stereocenters. The van der Waals surface area contributed by atoms with Crippen LogP contribution < -0.4 is 0 Å². The molecule has 1 saturated carbocycles. The zero-order chi connectivity index (χ0) is 11.5. The molecule has 0 aromatic heterocycles. The second-order valence-electron chi connectivity index (χ2n) is 5.78. The van der Waals surface area contributed by atoms with Crippen LogP contribution in [0.3, 0.4) is 0 Å². The molecule has 0 aliphatic heterocycles. The molecule has 15 heavy (non-hydrogen) atoms. The van der Waals surface area contributed by atoms with E-state index in [1.807, 2.05) is 6.92 Å². The predicted octanol–water partition coefficient (Wildman–Crippen LogP) is 3.59. The van der Waals surface area contributed by atoms with Gasteiger partial charge in [0, 0.05) is 5.54 Å². The second kappa shape index (κ2) is 5.15. The third kappa shape index (κ3) is 3.97. The standard InChI is InChI=1S/C12H24O2Si/c1-10(15(2,3)4)12(13)14-11-8-6-5-7-9-11/h10-11H,5-9H2,1-4H3. The first-order valence-electron chi connectivity index (χ1n) is 6.12. The van der Waals surface area contributed by atoms with Crippen molar-refractivity contribution in [2.24, 2.45) is 0 Å². The molecule has 1 fully saturated rings. The Labute approximate surface area is 94.4 Å². The van der Waals surface area contributed by atoms with E-state index < -0.39 is 8.07 Å². The summed E-state index contributed by atoms with van der Waals surface area (Å²) >= 11 is 0. The number of carbonyl (C=O) groups is 1. The lowest BCUT2D eigenvalue weighted by molar-refractivity contribution is -0.150. The lowest BCUT2D eigenvalue weighted by atomic mass is 9.98. The zero-order valence-corrected chi connectivity index (χ0v) is 11.5. The normalized spacial score (nSPS) is 21.1. The molecule has 0 saturated heterocycles. The molecule has 1 aliphatic rings. The van der Waals surface area contributed by atoms with E-state index >= 15 is 0 Å². The predicted molar refractivity (Wildman–Crippen MR) is 65.7 cm³/mol. The van der Waals surface area contributed by atoms with Crippen LogP contribution in [0.1, 0.15) is 39.0 Å². The van der Waals surface area contributed by atoms with Crippen molar-refractivity contribution in [2.75, 3.05) is 0 Å². The van der Waals surface area contributed by atoms with Gasteiger partial charge in [0.2, 0.25) is 0 Å². The molecule has 88 valence electrons. The minimum absolute atomic E-state index is 0.0427. The Hall–Kier alpha value is -0.313. The Morgan fingerprint density at radius 3 is 2.20 bits per heavy atom. The summed E-state index contributed by atoms with van der Waals surface area (Å²) in [6.07, 6.45) is 6.11. The first-order valence-corrected chi connectivity index (χ1v) is 9.69. The van der Waals surface area contributed by atoms with Gasteiger partial charge in [-0.3, -0.25) is 4.79 Å². The summed E-state index contributed by atoms with van der Waals surface area (Å²) in [4.78, 5) is 11.9. The number of esters is 1. The van der Waals surface area contributed by atoms with E-state index in [9.17, 15) is 4.79 Å². The Balaban J connectivity index is 2.40. The molecule has 0 amide bonds. The minimum Gasteiger partial charge on any atom is -0.462 e. The van der Waals surface area contributed by atoms with Crippen molar-refractivity contribution < 1.29 is 9.53 Å². The summed E-state index contributed by atoms with van der Waals surface area (Å²) < 4.78 is 5.58. The molecule has 1 unspecified atom stereocenters. The molecule has 0 spiro atoms. The molecule has 0 bridgehead atoms. The largest absolute Gasteiger partial charge is 0.462 e. The summed E-state index contributed by atoms with van der Waals surface area (Å²) in [6, 6.07) is 0. The Bertz CT molecular complexity index is 214. The van der Waals surface area contributed by atoms with Crippen LogP contribution in [0.15, 0.2) is 0 Å². The Morgan fingerprint density at radius 2 is 1.73 bits per heavy atom. The first kappa shape index (κ1) is 12.8. The summed E-state index contributed by atoms with van der Waals surface area (Å²) in [5.74, 6) is 0.0427. The Kier molecular flexibility index (Phi) is 4.38. The number of hydrogen-bond donors (Lipinski definition) is 0. The molecule has 0 N–H and O–H groups in total. The number of hydrogen-bond acceptors (Lipinski definition) is 2. The van der Waals surface area contributed by atoms with Gasteiger partial charge in [-0.15, -0.1) is 0 Å². The van der Waals surface area contributed by atoms with Gasteiger partial charge in [-0.2, -0.15) is 0 Å². The number of ether oxygens (including phenoxy) is 1. The van der Waals surface area contributed by atoms with Crippen molar-refractivity contribution in [1.82, 2.24) is 0 Å². The number of rotatable bonds is 3. The Morgan fingerprint density at radius 1 is 1.20 bits per heavy atom. The van der Waals surface area contributed by atoms with Crippen LogP contribution in [0.4, 0.5) is 0 Å². The summed E-state index contributed by atoms with van der Waals surface area (Å²) in [6.45, 7) is 8.69. The zero-order valence-electron chi connectivity index (χ0n) is 10.5. The van der Waals surface area contributed by atoms with E-state index in [0.717, 1.165) is 12.8 Å². The highest BCUT2D eigenvalue weighted by molar-refractivity contribution is 6.80. The van der Waals surface area contributed by atoms with Gasteiger partial charge >= 0.3 is 5.97 Å². The lowest BCUT2D eigenvalue weighted by Crippen LogP contribution is -2.35. The molecule has 0 aromatic rings. The molecule has 0 heterocycles. The molecule has 1 rings (SSSR count). The van der Waals surface area contributed by atoms with Gasteiger partial charge in [-0.1, -0.05) is 33.0 Å². The van der Waals surface area contributed by atoms with E-state index in [2.05, 4.69) is 19.6 Å².